The van der Waals surface area contributed by atoms with E-state index in [1.54, 1.807) is 6.26 Å². The van der Waals surface area contributed by atoms with Gasteiger partial charge in [0.1, 0.15) is 5.76 Å². The summed E-state index contributed by atoms with van der Waals surface area (Å²) in [6.45, 7) is 0. The highest BCUT2D eigenvalue weighted by atomic mass is 16.5. The lowest BCUT2D eigenvalue weighted by molar-refractivity contribution is -0.0519. The van der Waals surface area contributed by atoms with Crippen molar-refractivity contribution >= 4 is 0 Å². The van der Waals surface area contributed by atoms with Crippen LogP contribution in [0.3, 0.4) is 0 Å². The summed E-state index contributed by atoms with van der Waals surface area (Å²) in [5, 5.41) is 3.44. The van der Waals surface area contributed by atoms with Gasteiger partial charge in [-0.3, -0.25) is 0 Å². The van der Waals surface area contributed by atoms with E-state index < -0.39 is 0 Å². The molecule has 18 heavy (non-hydrogen) atoms. The van der Waals surface area contributed by atoms with E-state index >= 15 is 0 Å². The fraction of sp³-hybridized carbons (Fsp3) is 0.733. The van der Waals surface area contributed by atoms with Crippen LogP contribution in [0.15, 0.2) is 22.8 Å². The molecular weight excluding hydrogens is 226 g/mol. The molecule has 1 aliphatic carbocycles. The maximum atomic E-state index is 5.96. The predicted octanol–water partition coefficient (Wildman–Crippen LogP) is 3.15. The Bertz CT molecular complexity index is 326. The van der Waals surface area contributed by atoms with E-state index in [0.717, 1.165) is 25.0 Å². The number of ether oxygens (including phenoxy) is 1. The van der Waals surface area contributed by atoms with Gasteiger partial charge in [0.15, 0.2) is 0 Å². The van der Waals surface area contributed by atoms with Gasteiger partial charge in [0.2, 0.25) is 0 Å². The fourth-order valence-corrected chi connectivity index (χ4v) is 3.20. The number of furan rings is 1. The number of hydrogen-bond donors (Lipinski definition) is 1. The summed E-state index contributed by atoms with van der Waals surface area (Å²) in [5.41, 5.74) is -0.0297. The van der Waals surface area contributed by atoms with Crippen molar-refractivity contribution in [2.45, 2.75) is 56.6 Å². The number of hydrogen-bond acceptors (Lipinski definition) is 3. The Morgan fingerprint density at radius 1 is 1.33 bits per heavy atom. The molecule has 2 rings (SSSR count). The first kappa shape index (κ1) is 13.6. The van der Waals surface area contributed by atoms with Crippen LogP contribution in [0.5, 0.6) is 0 Å². The molecule has 102 valence electrons. The molecule has 1 heterocycles. The number of nitrogens with one attached hydrogen (secondary N) is 1. The molecule has 1 aromatic rings. The van der Waals surface area contributed by atoms with Crippen LogP contribution >= 0.6 is 0 Å². The largest absolute Gasteiger partial charge is 0.469 e. The summed E-state index contributed by atoms with van der Waals surface area (Å²) in [7, 11) is 3.89. The first-order valence-electron chi connectivity index (χ1n) is 7.05. The highest BCUT2D eigenvalue weighted by Crippen LogP contribution is 2.34. The Hall–Kier alpha value is -0.800. The topological polar surface area (TPSA) is 34.4 Å². The summed E-state index contributed by atoms with van der Waals surface area (Å²) in [4.78, 5) is 0. The summed E-state index contributed by atoms with van der Waals surface area (Å²) >= 11 is 0. The zero-order chi connectivity index (χ0) is 12.8. The molecule has 1 aliphatic rings. The molecule has 1 saturated carbocycles. The third-order valence-electron chi connectivity index (χ3n) is 4.33. The van der Waals surface area contributed by atoms with E-state index in [1.807, 2.05) is 26.3 Å². The highest BCUT2D eigenvalue weighted by Gasteiger charge is 2.38. The third-order valence-corrected chi connectivity index (χ3v) is 4.33. The van der Waals surface area contributed by atoms with Crippen molar-refractivity contribution in [3.8, 4) is 0 Å². The van der Waals surface area contributed by atoms with Crippen molar-refractivity contribution in [3.05, 3.63) is 24.2 Å². The smallest absolute Gasteiger partial charge is 0.105 e. The second-order valence-corrected chi connectivity index (χ2v) is 5.31. The minimum Gasteiger partial charge on any atom is -0.469 e. The van der Waals surface area contributed by atoms with Gasteiger partial charge in [-0.25, -0.2) is 0 Å². The first-order valence-corrected chi connectivity index (χ1v) is 7.05. The van der Waals surface area contributed by atoms with E-state index in [0.29, 0.717) is 6.04 Å². The summed E-state index contributed by atoms with van der Waals surface area (Å²) < 4.78 is 11.4. The SMILES string of the molecule is CNC(Cc1ccco1)C1(OC)CCCCCC1. The Balaban J connectivity index is 2.11. The zero-order valence-corrected chi connectivity index (χ0v) is 11.6. The lowest BCUT2D eigenvalue weighted by Crippen LogP contribution is -2.52. The Morgan fingerprint density at radius 3 is 2.56 bits per heavy atom. The van der Waals surface area contributed by atoms with Crippen molar-refractivity contribution < 1.29 is 9.15 Å². The molecule has 1 aromatic heterocycles. The van der Waals surface area contributed by atoms with Crippen molar-refractivity contribution in [3.63, 3.8) is 0 Å². The van der Waals surface area contributed by atoms with E-state index in [9.17, 15) is 0 Å². The third kappa shape index (κ3) is 2.96. The number of likely N-dealkylation sites (N-methyl/N-ethyl adjacent to an activating group) is 1. The molecule has 1 unspecified atom stereocenters. The minimum atomic E-state index is -0.0297. The Morgan fingerprint density at radius 2 is 2.06 bits per heavy atom. The van der Waals surface area contributed by atoms with E-state index in [-0.39, 0.29) is 5.60 Å². The molecule has 1 fully saturated rings. The van der Waals surface area contributed by atoms with Crippen LogP contribution in [0, 0.1) is 0 Å². The van der Waals surface area contributed by atoms with Gasteiger partial charge in [0, 0.05) is 19.6 Å². The molecular formula is C15H25NO2. The second kappa shape index (κ2) is 6.39. The summed E-state index contributed by atoms with van der Waals surface area (Å²) in [5.74, 6) is 1.04. The highest BCUT2D eigenvalue weighted by molar-refractivity contribution is 5.05. The Kier molecular flexibility index (Phi) is 4.84. The molecule has 0 bridgehead atoms. The molecule has 0 aromatic carbocycles. The minimum absolute atomic E-state index is 0.0297. The van der Waals surface area contributed by atoms with Crippen LogP contribution in [0.2, 0.25) is 0 Å². The molecule has 1 N–H and O–H groups in total. The normalized spacial score (nSPS) is 21.4. The van der Waals surface area contributed by atoms with E-state index in [1.165, 1.54) is 25.7 Å². The lowest BCUT2D eigenvalue weighted by atomic mass is 9.84. The van der Waals surface area contributed by atoms with Crippen molar-refractivity contribution in [1.82, 2.24) is 5.32 Å². The zero-order valence-electron chi connectivity index (χ0n) is 11.6. The number of methoxy groups -OCH3 is 1. The molecule has 0 amide bonds. The van der Waals surface area contributed by atoms with Gasteiger partial charge in [-0.2, -0.15) is 0 Å². The van der Waals surface area contributed by atoms with Crippen LogP contribution in [0.1, 0.15) is 44.3 Å². The standard InChI is InChI=1S/C15H25NO2/c1-16-14(12-13-8-7-11-18-13)15(17-2)9-5-3-4-6-10-15/h7-8,11,14,16H,3-6,9-10,12H2,1-2H3. The number of rotatable bonds is 5. The van der Waals surface area contributed by atoms with Crippen LogP contribution in [0.4, 0.5) is 0 Å². The quantitative estimate of drug-likeness (QED) is 0.816. The monoisotopic (exact) mass is 251 g/mol. The first-order chi connectivity index (χ1) is 8.80. The predicted molar refractivity (Wildman–Crippen MR) is 72.7 cm³/mol. The molecule has 3 heteroatoms. The van der Waals surface area contributed by atoms with Crippen molar-refractivity contribution in [2.24, 2.45) is 0 Å². The van der Waals surface area contributed by atoms with Gasteiger partial charge in [0.05, 0.1) is 11.9 Å². The fourth-order valence-electron chi connectivity index (χ4n) is 3.20. The molecule has 0 saturated heterocycles. The van der Waals surface area contributed by atoms with Crippen molar-refractivity contribution in [2.75, 3.05) is 14.2 Å². The van der Waals surface area contributed by atoms with Crippen LogP contribution in [-0.2, 0) is 11.2 Å². The average Bonchev–Trinajstić information content (AvgIpc) is 2.79. The maximum absolute atomic E-state index is 5.96. The van der Waals surface area contributed by atoms with Crippen LogP contribution in [-0.4, -0.2) is 25.8 Å². The molecule has 1 atom stereocenters. The molecule has 0 aliphatic heterocycles. The van der Waals surface area contributed by atoms with Gasteiger partial charge in [-0.15, -0.1) is 0 Å². The second-order valence-electron chi connectivity index (χ2n) is 5.31. The Labute approximate surface area is 110 Å². The average molecular weight is 251 g/mol. The van der Waals surface area contributed by atoms with Crippen LogP contribution < -0.4 is 5.32 Å². The van der Waals surface area contributed by atoms with Gasteiger partial charge >= 0.3 is 0 Å². The summed E-state index contributed by atoms with van der Waals surface area (Å²) in [6, 6.07) is 4.32. The van der Waals surface area contributed by atoms with E-state index in [2.05, 4.69) is 5.32 Å². The van der Waals surface area contributed by atoms with Crippen molar-refractivity contribution in [1.29, 1.82) is 0 Å². The molecule has 0 spiro atoms. The molecule has 0 radical (unpaired) electrons. The maximum Gasteiger partial charge on any atom is 0.105 e. The van der Waals surface area contributed by atoms with Gasteiger partial charge in [-0.05, 0) is 32.0 Å². The van der Waals surface area contributed by atoms with E-state index in [4.69, 9.17) is 9.15 Å². The molecule has 3 nitrogen and oxygen atoms in total. The van der Waals surface area contributed by atoms with Gasteiger partial charge in [0.25, 0.3) is 0 Å². The lowest BCUT2D eigenvalue weighted by Gasteiger charge is -2.39. The van der Waals surface area contributed by atoms with Gasteiger partial charge < -0.3 is 14.5 Å². The summed E-state index contributed by atoms with van der Waals surface area (Å²) in [6.07, 6.45) is 10.1. The van der Waals surface area contributed by atoms with Crippen LogP contribution in [0.25, 0.3) is 0 Å². The van der Waals surface area contributed by atoms with Gasteiger partial charge in [-0.1, -0.05) is 25.7 Å².